The maximum atomic E-state index is 11.8. The zero-order valence-electron chi connectivity index (χ0n) is 13.1. The van der Waals surface area contributed by atoms with Crippen LogP contribution in [0.25, 0.3) is 5.69 Å². The summed E-state index contributed by atoms with van der Waals surface area (Å²) in [6.45, 7) is 0. The van der Waals surface area contributed by atoms with E-state index in [0.29, 0.717) is 0 Å². The molecule has 0 fully saturated rings. The smallest absolute Gasteiger partial charge is 0.362 e. The summed E-state index contributed by atoms with van der Waals surface area (Å²) in [6.07, 6.45) is 1.14. The van der Waals surface area contributed by atoms with Crippen LogP contribution in [0.5, 0.6) is 5.75 Å². The average Bonchev–Trinajstić information content (AvgIpc) is 3.00. The van der Waals surface area contributed by atoms with Crippen LogP contribution in [0.4, 0.5) is 0 Å². The van der Waals surface area contributed by atoms with Gasteiger partial charge in [0, 0.05) is 0 Å². The maximum Gasteiger partial charge on any atom is 0.362 e. The number of ether oxygens (including phenoxy) is 3. The largest absolute Gasteiger partial charge is 0.504 e. The van der Waals surface area contributed by atoms with Gasteiger partial charge in [-0.25, -0.2) is 19.1 Å². The molecule has 0 atom stereocenters. The number of hydrogen-bond acceptors (Lipinski definition) is 8. The third kappa shape index (κ3) is 3.19. The summed E-state index contributed by atoms with van der Waals surface area (Å²) in [5, 5.41) is 13.7. The molecule has 0 aliphatic heterocycles. The zero-order chi connectivity index (χ0) is 17.9. The predicted molar refractivity (Wildman–Crippen MR) is 79.2 cm³/mol. The molecule has 126 valence electrons. The number of aromatic nitrogens is 2. The van der Waals surface area contributed by atoms with E-state index < -0.39 is 23.7 Å². The summed E-state index contributed by atoms with van der Waals surface area (Å²) in [4.78, 5) is 35.0. The normalized spacial score (nSPS) is 10.1. The van der Waals surface area contributed by atoms with Crippen LogP contribution in [-0.4, -0.2) is 54.1 Å². The first-order valence-electron chi connectivity index (χ1n) is 6.60. The number of rotatable bonds is 4. The standard InChI is InChI=1S/C15H14N2O7/c1-22-13(19)8-4-9(14(20)23-2)6-10(5-8)17-7-11(18)12(16-17)15(21)24-3/h4-7,18H,1-3H3. The van der Waals surface area contributed by atoms with Crippen molar-refractivity contribution < 1.29 is 33.7 Å². The van der Waals surface area contributed by atoms with Gasteiger partial charge in [0.2, 0.25) is 5.69 Å². The summed E-state index contributed by atoms with van der Waals surface area (Å²) in [7, 11) is 3.54. The molecule has 2 rings (SSSR count). The van der Waals surface area contributed by atoms with Gasteiger partial charge in [0.1, 0.15) is 0 Å². The number of carbonyl (C=O) groups excluding carboxylic acids is 3. The van der Waals surface area contributed by atoms with Crippen molar-refractivity contribution in [3.8, 4) is 11.4 Å². The lowest BCUT2D eigenvalue weighted by molar-refractivity contribution is 0.0580. The van der Waals surface area contributed by atoms with E-state index >= 15 is 0 Å². The summed E-state index contributed by atoms with van der Waals surface area (Å²) in [5.41, 5.74) is 0.0827. The van der Waals surface area contributed by atoms with Crippen molar-refractivity contribution in [2.45, 2.75) is 0 Å². The van der Waals surface area contributed by atoms with Crippen molar-refractivity contribution in [3.63, 3.8) is 0 Å². The Hall–Kier alpha value is -3.36. The Bertz CT molecular complexity index is 776. The van der Waals surface area contributed by atoms with Gasteiger partial charge in [-0.15, -0.1) is 0 Å². The van der Waals surface area contributed by atoms with Gasteiger partial charge in [-0.2, -0.15) is 5.10 Å². The van der Waals surface area contributed by atoms with Gasteiger partial charge in [0.25, 0.3) is 0 Å². The van der Waals surface area contributed by atoms with Crippen molar-refractivity contribution in [2.75, 3.05) is 21.3 Å². The van der Waals surface area contributed by atoms with E-state index in [-0.39, 0.29) is 22.5 Å². The number of methoxy groups -OCH3 is 3. The Kier molecular flexibility index (Phi) is 4.83. The van der Waals surface area contributed by atoms with E-state index in [2.05, 4.69) is 19.3 Å². The molecule has 1 aromatic heterocycles. The van der Waals surface area contributed by atoms with E-state index in [1.807, 2.05) is 0 Å². The van der Waals surface area contributed by atoms with Gasteiger partial charge < -0.3 is 19.3 Å². The second-order valence-electron chi connectivity index (χ2n) is 4.55. The van der Waals surface area contributed by atoms with E-state index in [4.69, 9.17) is 0 Å². The van der Waals surface area contributed by atoms with Crippen LogP contribution in [-0.2, 0) is 14.2 Å². The summed E-state index contributed by atoms with van der Waals surface area (Å²) in [5.74, 6) is -2.59. The minimum absolute atomic E-state index is 0.0741. The second kappa shape index (κ2) is 6.82. The quantitative estimate of drug-likeness (QED) is 0.648. The van der Waals surface area contributed by atoms with Crippen LogP contribution in [0.2, 0.25) is 0 Å². The first-order valence-corrected chi connectivity index (χ1v) is 6.60. The van der Waals surface area contributed by atoms with Crippen LogP contribution in [0.15, 0.2) is 24.4 Å². The summed E-state index contributed by atoms with van der Waals surface area (Å²) in [6, 6.07) is 4.06. The molecule has 0 aliphatic rings. The molecule has 9 nitrogen and oxygen atoms in total. The third-order valence-corrected chi connectivity index (χ3v) is 3.10. The molecular formula is C15H14N2O7. The lowest BCUT2D eigenvalue weighted by Gasteiger charge is -2.08. The molecule has 0 spiro atoms. The van der Waals surface area contributed by atoms with Gasteiger partial charge in [-0.1, -0.05) is 0 Å². The van der Waals surface area contributed by atoms with Crippen LogP contribution in [0, 0.1) is 0 Å². The van der Waals surface area contributed by atoms with Crippen LogP contribution < -0.4 is 0 Å². The second-order valence-corrected chi connectivity index (χ2v) is 4.55. The fraction of sp³-hybridized carbons (Fsp3) is 0.200. The highest BCUT2D eigenvalue weighted by molar-refractivity contribution is 5.96. The molecule has 24 heavy (non-hydrogen) atoms. The minimum Gasteiger partial charge on any atom is -0.504 e. The molecule has 0 unspecified atom stereocenters. The van der Waals surface area contributed by atoms with Crippen molar-refractivity contribution in [1.82, 2.24) is 9.78 Å². The van der Waals surface area contributed by atoms with E-state index in [9.17, 15) is 19.5 Å². The van der Waals surface area contributed by atoms with Crippen molar-refractivity contribution in [1.29, 1.82) is 0 Å². The fourth-order valence-corrected chi connectivity index (χ4v) is 1.95. The molecule has 0 saturated carbocycles. The van der Waals surface area contributed by atoms with Crippen molar-refractivity contribution in [2.24, 2.45) is 0 Å². The Balaban J connectivity index is 2.59. The number of benzene rings is 1. The number of esters is 3. The number of nitrogens with zero attached hydrogens (tertiary/aromatic N) is 2. The highest BCUT2D eigenvalue weighted by Crippen LogP contribution is 2.21. The monoisotopic (exact) mass is 334 g/mol. The first-order chi connectivity index (χ1) is 11.4. The van der Waals surface area contributed by atoms with E-state index in [1.165, 1.54) is 32.4 Å². The molecule has 0 bridgehead atoms. The van der Waals surface area contributed by atoms with Gasteiger partial charge in [0.15, 0.2) is 5.75 Å². The van der Waals surface area contributed by atoms with Gasteiger partial charge >= 0.3 is 17.9 Å². The highest BCUT2D eigenvalue weighted by Gasteiger charge is 2.20. The topological polar surface area (TPSA) is 117 Å². The van der Waals surface area contributed by atoms with Crippen LogP contribution in [0.1, 0.15) is 31.2 Å². The van der Waals surface area contributed by atoms with Crippen molar-refractivity contribution in [3.05, 3.63) is 41.2 Å². The molecule has 2 aromatic rings. The lowest BCUT2D eigenvalue weighted by Crippen LogP contribution is -2.09. The SMILES string of the molecule is COC(=O)c1cc(C(=O)OC)cc(-n2cc(O)c(C(=O)OC)n2)c1. The molecule has 1 heterocycles. The van der Waals surface area contributed by atoms with Crippen molar-refractivity contribution >= 4 is 17.9 Å². The number of aromatic hydroxyl groups is 1. The molecule has 0 radical (unpaired) electrons. The molecular weight excluding hydrogens is 320 g/mol. The summed E-state index contributed by atoms with van der Waals surface area (Å²) >= 11 is 0. The lowest BCUT2D eigenvalue weighted by atomic mass is 10.1. The molecule has 1 aromatic carbocycles. The molecule has 1 N–H and O–H groups in total. The molecule has 0 amide bonds. The Labute approximate surface area is 136 Å². The summed E-state index contributed by atoms with van der Waals surface area (Å²) < 4.78 is 14.9. The predicted octanol–water partition coefficient (Wildman–Crippen LogP) is 0.938. The van der Waals surface area contributed by atoms with Crippen LogP contribution in [0.3, 0.4) is 0 Å². The minimum atomic E-state index is -0.830. The molecule has 0 saturated heterocycles. The Morgan fingerprint density at radius 3 is 1.88 bits per heavy atom. The van der Waals surface area contributed by atoms with E-state index in [1.54, 1.807) is 0 Å². The third-order valence-electron chi connectivity index (χ3n) is 3.10. The number of carbonyl (C=O) groups is 3. The first kappa shape index (κ1) is 17.0. The van der Waals surface area contributed by atoms with Crippen LogP contribution >= 0.6 is 0 Å². The molecule has 9 heteroatoms. The average molecular weight is 334 g/mol. The Morgan fingerprint density at radius 2 is 1.42 bits per heavy atom. The zero-order valence-corrected chi connectivity index (χ0v) is 13.1. The highest BCUT2D eigenvalue weighted by atomic mass is 16.5. The van der Waals surface area contributed by atoms with Gasteiger partial charge in [-0.3, -0.25) is 0 Å². The van der Waals surface area contributed by atoms with Gasteiger partial charge in [0.05, 0.1) is 44.3 Å². The van der Waals surface area contributed by atoms with Gasteiger partial charge in [-0.05, 0) is 18.2 Å². The number of hydrogen-bond donors (Lipinski definition) is 1. The maximum absolute atomic E-state index is 11.8. The fourth-order valence-electron chi connectivity index (χ4n) is 1.95. The molecule has 0 aliphatic carbocycles. The van der Waals surface area contributed by atoms with E-state index in [0.717, 1.165) is 18.0 Å². The Morgan fingerprint density at radius 1 is 0.917 bits per heavy atom.